The fourth-order valence-electron chi connectivity index (χ4n) is 3.20. The third-order valence-corrected chi connectivity index (χ3v) is 6.12. The van der Waals surface area contributed by atoms with Gasteiger partial charge in [-0.1, -0.05) is 23.5 Å². The van der Waals surface area contributed by atoms with Crippen LogP contribution in [0.4, 0.5) is 20.4 Å². The molecule has 38 heavy (non-hydrogen) atoms. The van der Waals surface area contributed by atoms with Crippen molar-refractivity contribution in [2.45, 2.75) is 32.5 Å². The summed E-state index contributed by atoms with van der Waals surface area (Å²) in [6.45, 7) is 1.56. The van der Waals surface area contributed by atoms with Gasteiger partial charge in [-0.15, -0.1) is 0 Å². The molecule has 14 nitrogen and oxygen atoms in total. The Morgan fingerprint density at radius 2 is 1.58 bits per heavy atom. The number of carbonyl (C=O) groups is 5. The van der Waals surface area contributed by atoms with Gasteiger partial charge in [-0.25, -0.2) is 4.98 Å². The molecule has 0 saturated heterocycles. The molecule has 5 amide bonds. The van der Waals surface area contributed by atoms with Crippen LogP contribution in [0.15, 0.2) is 24.3 Å². The lowest BCUT2D eigenvalue weighted by atomic mass is 10.1. The molecule has 0 aliphatic carbocycles. The predicted octanol–water partition coefficient (Wildman–Crippen LogP) is -1.00. The Balaban J connectivity index is 2.11. The highest BCUT2D eigenvalue weighted by molar-refractivity contribution is 7.17. The van der Waals surface area contributed by atoms with Crippen LogP contribution in [0.1, 0.15) is 34.3 Å². The number of aromatic nitrogens is 1. The number of carboxylic acid groups (broad SMARTS) is 2. The van der Waals surface area contributed by atoms with E-state index in [1.54, 1.807) is 45.4 Å². The van der Waals surface area contributed by atoms with Crippen LogP contribution in [0.2, 0.25) is 0 Å². The van der Waals surface area contributed by atoms with Gasteiger partial charge in [-0.05, 0) is 30.5 Å². The second kappa shape index (κ2) is 13.8. The molecular weight excluding hydrogens is 518 g/mol. The first kappa shape index (κ1) is 29.8. The van der Waals surface area contributed by atoms with Crippen molar-refractivity contribution in [2.75, 3.05) is 38.3 Å². The van der Waals surface area contributed by atoms with E-state index in [0.29, 0.717) is 34.2 Å². The largest absolute Gasteiger partial charge is 0.530 e. The summed E-state index contributed by atoms with van der Waals surface area (Å²) in [7, 11) is 4.87. The van der Waals surface area contributed by atoms with Crippen LogP contribution in [0.5, 0.6) is 0 Å². The maximum absolute atomic E-state index is 13.1. The van der Waals surface area contributed by atoms with Crippen molar-refractivity contribution in [1.82, 2.24) is 25.4 Å². The number of aryl methyl sites for hydroxylation is 2. The monoisotopic (exact) mass is 547 g/mol. The Morgan fingerprint density at radius 3 is 2.11 bits per heavy atom. The number of hydrogen-bond acceptors (Lipinski definition) is 10. The van der Waals surface area contributed by atoms with Crippen LogP contribution in [-0.2, 0) is 22.4 Å². The SMILES string of the molecule is CC(=O)Nc1nc(CCc2ccc(NC(NC(=O)[O-])NC(=O)[O-])cc2)c(C(=O)N(C)CCC(=O)N(C)C)s1. The zero-order valence-electron chi connectivity index (χ0n) is 21.3. The predicted molar refractivity (Wildman–Crippen MR) is 135 cm³/mol. The van der Waals surface area contributed by atoms with Crippen molar-refractivity contribution in [3.8, 4) is 0 Å². The first-order valence-electron chi connectivity index (χ1n) is 11.4. The molecule has 2 aromatic rings. The van der Waals surface area contributed by atoms with Gasteiger partial charge < -0.3 is 50.9 Å². The molecule has 0 unspecified atom stereocenters. The Hall–Kier alpha value is -4.40. The van der Waals surface area contributed by atoms with E-state index in [0.717, 1.165) is 16.9 Å². The molecule has 1 heterocycles. The number of nitrogens with zero attached hydrogens (tertiary/aromatic N) is 3. The third-order valence-electron chi connectivity index (χ3n) is 5.12. The molecule has 0 spiro atoms. The molecule has 1 aromatic heterocycles. The highest BCUT2D eigenvalue weighted by Crippen LogP contribution is 2.26. The summed E-state index contributed by atoms with van der Waals surface area (Å²) in [5, 5.41) is 30.7. The quantitative estimate of drug-likeness (QED) is 0.241. The number of carbonyl (C=O) groups excluding carboxylic acids is 5. The van der Waals surface area contributed by atoms with Crippen LogP contribution in [0.3, 0.4) is 0 Å². The van der Waals surface area contributed by atoms with Gasteiger partial charge in [-0.3, -0.25) is 14.4 Å². The van der Waals surface area contributed by atoms with E-state index >= 15 is 0 Å². The number of hydrogen-bond donors (Lipinski definition) is 4. The van der Waals surface area contributed by atoms with Gasteiger partial charge in [0.2, 0.25) is 11.8 Å². The van der Waals surface area contributed by atoms with Crippen LogP contribution >= 0.6 is 11.3 Å². The Bertz CT molecular complexity index is 1150. The Labute approximate surface area is 223 Å². The summed E-state index contributed by atoms with van der Waals surface area (Å²) in [6, 6.07) is 6.70. The van der Waals surface area contributed by atoms with Gasteiger partial charge in [0, 0.05) is 46.7 Å². The molecule has 0 saturated carbocycles. The van der Waals surface area contributed by atoms with E-state index in [1.807, 2.05) is 10.6 Å². The summed E-state index contributed by atoms with van der Waals surface area (Å²) >= 11 is 1.06. The van der Waals surface area contributed by atoms with E-state index < -0.39 is 18.5 Å². The molecule has 0 aliphatic heterocycles. The number of thiazole rings is 1. The van der Waals surface area contributed by atoms with Crippen molar-refractivity contribution < 1.29 is 34.2 Å². The highest BCUT2D eigenvalue weighted by Gasteiger charge is 2.22. The van der Waals surface area contributed by atoms with E-state index in [9.17, 15) is 34.2 Å². The Kier molecular flexibility index (Phi) is 10.8. The fraction of sp³-hybridized carbons (Fsp3) is 0.391. The molecule has 0 atom stereocenters. The second-order valence-corrected chi connectivity index (χ2v) is 9.38. The normalized spacial score (nSPS) is 10.4. The smallest absolute Gasteiger partial charge is 0.265 e. The molecule has 0 bridgehead atoms. The topological polar surface area (TPSA) is 199 Å². The summed E-state index contributed by atoms with van der Waals surface area (Å²) < 4.78 is 0. The van der Waals surface area contributed by atoms with E-state index in [1.165, 1.54) is 16.7 Å². The summed E-state index contributed by atoms with van der Waals surface area (Å²) in [5.41, 5.74) is 1.76. The minimum Gasteiger partial charge on any atom is -0.530 e. The zero-order valence-corrected chi connectivity index (χ0v) is 22.1. The number of anilines is 2. The van der Waals surface area contributed by atoms with Gasteiger partial charge in [-0.2, -0.15) is 0 Å². The van der Waals surface area contributed by atoms with Crippen LogP contribution in [-0.4, -0.2) is 78.7 Å². The van der Waals surface area contributed by atoms with Gasteiger partial charge in [0.05, 0.1) is 5.69 Å². The minimum absolute atomic E-state index is 0.108. The summed E-state index contributed by atoms with van der Waals surface area (Å²) in [5.74, 6) is -0.743. The maximum atomic E-state index is 13.1. The highest BCUT2D eigenvalue weighted by atomic mass is 32.1. The zero-order chi connectivity index (χ0) is 28.4. The van der Waals surface area contributed by atoms with E-state index in [2.05, 4.69) is 15.6 Å². The number of rotatable bonds is 12. The summed E-state index contributed by atoms with van der Waals surface area (Å²) in [4.78, 5) is 65.7. The van der Waals surface area contributed by atoms with Crippen molar-refractivity contribution in [3.63, 3.8) is 0 Å². The standard InChI is InChI=1S/C23H31N7O7S/c1-13(31)24-21-26-16(18(38-21)19(33)30(4)12-11-17(32)29(2)3)10-7-14-5-8-15(9-6-14)25-20(27-22(34)35)28-23(36)37/h5-6,8-9,20,25,27-28H,7,10-12H2,1-4H3,(H,34,35)(H,36,37)(H,24,26,31)/p-2. The first-order valence-corrected chi connectivity index (χ1v) is 12.2. The van der Waals surface area contributed by atoms with Crippen molar-refractivity contribution in [3.05, 3.63) is 40.4 Å². The number of nitrogens with one attached hydrogen (secondary N) is 4. The molecule has 206 valence electrons. The third kappa shape index (κ3) is 9.57. The van der Waals surface area contributed by atoms with Gasteiger partial charge in [0.1, 0.15) is 17.1 Å². The number of benzene rings is 1. The fourth-order valence-corrected chi connectivity index (χ4v) is 4.25. The molecule has 0 aliphatic rings. The average Bonchev–Trinajstić information content (AvgIpc) is 3.22. The lowest BCUT2D eigenvalue weighted by molar-refractivity contribution is -0.255. The maximum Gasteiger partial charge on any atom is 0.265 e. The van der Waals surface area contributed by atoms with Crippen LogP contribution < -0.4 is 31.5 Å². The van der Waals surface area contributed by atoms with Gasteiger partial charge in [0.25, 0.3) is 5.91 Å². The summed E-state index contributed by atoms with van der Waals surface area (Å²) in [6.07, 6.45) is -3.73. The van der Waals surface area contributed by atoms with Gasteiger partial charge in [0.15, 0.2) is 11.4 Å². The van der Waals surface area contributed by atoms with Crippen molar-refractivity contribution >= 4 is 52.1 Å². The van der Waals surface area contributed by atoms with E-state index in [4.69, 9.17) is 0 Å². The van der Waals surface area contributed by atoms with Crippen LogP contribution in [0.25, 0.3) is 0 Å². The molecule has 15 heteroatoms. The molecule has 4 N–H and O–H groups in total. The van der Waals surface area contributed by atoms with E-state index in [-0.39, 0.29) is 30.7 Å². The number of amides is 5. The lowest BCUT2D eigenvalue weighted by Gasteiger charge is -2.24. The average molecular weight is 548 g/mol. The molecule has 0 fully saturated rings. The van der Waals surface area contributed by atoms with Crippen molar-refractivity contribution in [2.24, 2.45) is 0 Å². The second-order valence-electron chi connectivity index (χ2n) is 8.38. The molecular formula is C23H29N7O7S-2. The molecule has 2 rings (SSSR count). The molecule has 1 aromatic carbocycles. The first-order chi connectivity index (χ1) is 17.8. The van der Waals surface area contributed by atoms with Crippen LogP contribution in [0, 0.1) is 0 Å². The molecule has 0 radical (unpaired) electrons. The minimum atomic E-state index is -1.69. The van der Waals surface area contributed by atoms with Gasteiger partial charge >= 0.3 is 0 Å². The Morgan fingerprint density at radius 1 is 0.974 bits per heavy atom. The van der Waals surface area contributed by atoms with Crippen molar-refractivity contribution in [1.29, 1.82) is 0 Å². The lowest BCUT2D eigenvalue weighted by Crippen LogP contribution is -2.58.